The highest BCUT2D eigenvalue weighted by Crippen LogP contribution is 2.36. The van der Waals surface area contributed by atoms with E-state index < -0.39 is 6.10 Å². The summed E-state index contributed by atoms with van der Waals surface area (Å²) >= 11 is 0. The normalized spacial score (nSPS) is 18.8. The molecule has 4 heteroatoms. The third kappa shape index (κ3) is 2.32. The van der Waals surface area contributed by atoms with Crippen LogP contribution in [0.3, 0.4) is 0 Å². The molecule has 1 aliphatic rings. The summed E-state index contributed by atoms with van der Waals surface area (Å²) in [6.45, 7) is 1.99. The maximum atomic E-state index is 11.3. The van der Waals surface area contributed by atoms with Gasteiger partial charge in [0.1, 0.15) is 0 Å². The van der Waals surface area contributed by atoms with E-state index in [4.69, 9.17) is 0 Å². The molecule has 0 bridgehead atoms. The SMILES string of the molecule is Cc1cc2[nH]c(=O)[nH]c2cc1C(O)C1CCCCC1. The van der Waals surface area contributed by atoms with Crippen molar-refractivity contribution in [1.29, 1.82) is 0 Å². The first-order valence-corrected chi connectivity index (χ1v) is 7.06. The molecule has 4 nitrogen and oxygen atoms in total. The second kappa shape index (κ2) is 4.85. The Hall–Kier alpha value is -1.55. The maximum Gasteiger partial charge on any atom is 0.323 e. The molecule has 1 aliphatic carbocycles. The Labute approximate surface area is 111 Å². The summed E-state index contributed by atoms with van der Waals surface area (Å²) in [5.74, 6) is 0.357. The Morgan fingerprint density at radius 2 is 1.79 bits per heavy atom. The Morgan fingerprint density at radius 1 is 1.16 bits per heavy atom. The molecule has 3 rings (SSSR count). The van der Waals surface area contributed by atoms with Gasteiger partial charge < -0.3 is 15.1 Å². The topological polar surface area (TPSA) is 68.9 Å². The lowest BCUT2D eigenvalue weighted by molar-refractivity contribution is 0.0844. The molecule has 0 spiro atoms. The summed E-state index contributed by atoms with van der Waals surface area (Å²) < 4.78 is 0. The van der Waals surface area contributed by atoms with Gasteiger partial charge in [0.15, 0.2) is 0 Å². The zero-order chi connectivity index (χ0) is 13.4. The number of H-pyrrole nitrogens is 2. The molecular formula is C15H20N2O2. The fraction of sp³-hybridized carbons (Fsp3) is 0.533. The van der Waals surface area contributed by atoms with E-state index >= 15 is 0 Å². The molecule has 1 unspecified atom stereocenters. The van der Waals surface area contributed by atoms with E-state index in [0.717, 1.165) is 35.0 Å². The van der Waals surface area contributed by atoms with E-state index in [1.165, 1.54) is 19.3 Å². The Morgan fingerprint density at radius 3 is 2.47 bits per heavy atom. The summed E-state index contributed by atoms with van der Waals surface area (Å²) in [5, 5.41) is 10.6. The van der Waals surface area contributed by atoms with Crippen LogP contribution >= 0.6 is 0 Å². The predicted molar refractivity (Wildman–Crippen MR) is 75.2 cm³/mol. The average molecular weight is 260 g/mol. The van der Waals surface area contributed by atoms with Gasteiger partial charge >= 0.3 is 5.69 Å². The minimum absolute atomic E-state index is 0.196. The number of aromatic amines is 2. The summed E-state index contributed by atoms with van der Waals surface area (Å²) in [7, 11) is 0. The number of fused-ring (bicyclic) bond motifs is 1. The number of aromatic nitrogens is 2. The highest BCUT2D eigenvalue weighted by atomic mass is 16.3. The number of aliphatic hydroxyl groups excluding tert-OH is 1. The lowest BCUT2D eigenvalue weighted by Gasteiger charge is -2.27. The molecule has 1 atom stereocenters. The number of hydrogen-bond donors (Lipinski definition) is 3. The lowest BCUT2D eigenvalue weighted by Crippen LogP contribution is -2.16. The standard InChI is InChI=1S/C15H20N2O2/c1-9-7-12-13(17-15(19)16-12)8-11(9)14(18)10-5-3-2-4-6-10/h7-8,10,14,18H,2-6H2,1H3,(H2,16,17,19). The van der Waals surface area contributed by atoms with Gasteiger partial charge in [-0.25, -0.2) is 4.79 Å². The predicted octanol–water partition coefficient (Wildman–Crippen LogP) is 2.78. The van der Waals surface area contributed by atoms with Crippen LogP contribution < -0.4 is 5.69 Å². The van der Waals surface area contributed by atoms with Crippen molar-refractivity contribution in [3.05, 3.63) is 33.7 Å². The second-order valence-electron chi connectivity index (χ2n) is 5.68. The van der Waals surface area contributed by atoms with Crippen molar-refractivity contribution in [2.75, 3.05) is 0 Å². The van der Waals surface area contributed by atoms with Crippen LogP contribution in [0.15, 0.2) is 16.9 Å². The van der Waals surface area contributed by atoms with E-state index in [9.17, 15) is 9.90 Å². The van der Waals surface area contributed by atoms with Crippen LogP contribution in [0, 0.1) is 12.8 Å². The quantitative estimate of drug-likeness (QED) is 0.777. The fourth-order valence-corrected chi connectivity index (χ4v) is 3.23. The van der Waals surface area contributed by atoms with Crippen molar-refractivity contribution in [3.8, 4) is 0 Å². The van der Waals surface area contributed by atoms with Crippen LogP contribution in [-0.2, 0) is 0 Å². The molecule has 0 aliphatic heterocycles. The highest BCUT2D eigenvalue weighted by Gasteiger charge is 2.24. The zero-order valence-electron chi connectivity index (χ0n) is 11.2. The van der Waals surface area contributed by atoms with Gasteiger partial charge in [0.2, 0.25) is 0 Å². The summed E-state index contributed by atoms with van der Waals surface area (Å²) in [5.41, 5.74) is 3.39. The lowest BCUT2D eigenvalue weighted by atomic mass is 9.81. The molecule has 102 valence electrons. The molecule has 1 aromatic carbocycles. The van der Waals surface area contributed by atoms with E-state index in [0.29, 0.717) is 5.92 Å². The fourth-order valence-electron chi connectivity index (χ4n) is 3.23. The molecule has 0 radical (unpaired) electrons. The third-order valence-corrected chi connectivity index (χ3v) is 4.32. The van der Waals surface area contributed by atoms with Gasteiger partial charge in [0.25, 0.3) is 0 Å². The summed E-state index contributed by atoms with van der Waals surface area (Å²) in [4.78, 5) is 16.8. The van der Waals surface area contributed by atoms with E-state index in [-0.39, 0.29) is 5.69 Å². The second-order valence-corrected chi connectivity index (χ2v) is 5.68. The zero-order valence-corrected chi connectivity index (χ0v) is 11.2. The van der Waals surface area contributed by atoms with Gasteiger partial charge in [-0.1, -0.05) is 19.3 Å². The minimum atomic E-state index is -0.414. The van der Waals surface area contributed by atoms with Gasteiger partial charge in [-0.2, -0.15) is 0 Å². The van der Waals surface area contributed by atoms with Crippen molar-refractivity contribution in [2.45, 2.75) is 45.1 Å². The average Bonchev–Trinajstić information content (AvgIpc) is 2.77. The van der Waals surface area contributed by atoms with Crippen LogP contribution in [-0.4, -0.2) is 15.1 Å². The first-order chi connectivity index (χ1) is 9.15. The van der Waals surface area contributed by atoms with E-state index in [1.807, 2.05) is 19.1 Å². The molecule has 2 aromatic rings. The van der Waals surface area contributed by atoms with Gasteiger partial charge in [-0.3, -0.25) is 0 Å². The maximum absolute atomic E-state index is 11.3. The molecule has 1 heterocycles. The number of benzene rings is 1. The van der Waals surface area contributed by atoms with Gasteiger partial charge in [0, 0.05) is 0 Å². The van der Waals surface area contributed by atoms with Crippen molar-refractivity contribution >= 4 is 11.0 Å². The van der Waals surface area contributed by atoms with Crippen molar-refractivity contribution in [2.24, 2.45) is 5.92 Å². The van der Waals surface area contributed by atoms with Crippen LogP contribution in [0.5, 0.6) is 0 Å². The van der Waals surface area contributed by atoms with Gasteiger partial charge in [-0.05, 0) is 48.9 Å². The largest absolute Gasteiger partial charge is 0.388 e. The molecular weight excluding hydrogens is 240 g/mol. The Kier molecular flexibility index (Phi) is 3.19. The number of nitrogens with one attached hydrogen (secondary N) is 2. The molecule has 0 saturated heterocycles. The number of hydrogen-bond acceptors (Lipinski definition) is 2. The minimum Gasteiger partial charge on any atom is -0.388 e. The molecule has 1 aromatic heterocycles. The van der Waals surface area contributed by atoms with Crippen LogP contribution in [0.1, 0.15) is 49.3 Å². The number of aryl methyl sites for hydroxylation is 1. The van der Waals surface area contributed by atoms with Crippen molar-refractivity contribution in [1.82, 2.24) is 9.97 Å². The molecule has 1 saturated carbocycles. The number of rotatable bonds is 2. The molecule has 0 amide bonds. The van der Waals surface area contributed by atoms with Crippen LogP contribution in [0.2, 0.25) is 0 Å². The van der Waals surface area contributed by atoms with Gasteiger partial charge in [-0.15, -0.1) is 0 Å². The first kappa shape index (κ1) is 12.5. The van der Waals surface area contributed by atoms with Crippen molar-refractivity contribution < 1.29 is 5.11 Å². The number of aliphatic hydroxyl groups is 1. The molecule has 1 fully saturated rings. The smallest absolute Gasteiger partial charge is 0.323 e. The Bertz CT molecular complexity index is 635. The van der Waals surface area contributed by atoms with Crippen LogP contribution in [0.25, 0.3) is 11.0 Å². The molecule has 19 heavy (non-hydrogen) atoms. The summed E-state index contributed by atoms with van der Waals surface area (Å²) in [6.07, 6.45) is 5.49. The summed E-state index contributed by atoms with van der Waals surface area (Å²) in [6, 6.07) is 3.86. The van der Waals surface area contributed by atoms with Crippen molar-refractivity contribution in [3.63, 3.8) is 0 Å². The third-order valence-electron chi connectivity index (χ3n) is 4.32. The van der Waals surface area contributed by atoms with Gasteiger partial charge in [0.05, 0.1) is 17.1 Å². The molecule has 3 N–H and O–H groups in total. The first-order valence-electron chi connectivity index (χ1n) is 7.06. The van der Waals surface area contributed by atoms with E-state index in [1.54, 1.807) is 0 Å². The highest BCUT2D eigenvalue weighted by molar-refractivity contribution is 5.76. The Balaban J connectivity index is 1.98. The monoisotopic (exact) mass is 260 g/mol. The number of imidazole rings is 1. The van der Waals surface area contributed by atoms with Crippen LogP contribution in [0.4, 0.5) is 0 Å². The van der Waals surface area contributed by atoms with E-state index in [2.05, 4.69) is 9.97 Å².